The SMILES string of the molecule is O=C(Oc1ccc([C@@H]2[C@@H]3C(=O)N(c4ccccc4F)C(=O)[C@@H]3ON2c2ccccc2)cc1)c1ccccc1. The van der Waals surface area contributed by atoms with Crippen LogP contribution in [0.2, 0.25) is 0 Å². The van der Waals surface area contributed by atoms with Crippen LogP contribution in [-0.2, 0) is 14.4 Å². The van der Waals surface area contributed by atoms with E-state index in [1.807, 2.05) is 36.4 Å². The predicted octanol–water partition coefficient (Wildman–Crippen LogP) is 5.10. The molecule has 4 aromatic carbocycles. The number of ether oxygens (including phenoxy) is 1. The second kappa shape index (κ2) is 9.57. The molecule has 2 aliphatic rings. The molecule has 0 N–H and O–H groups in total. The number of anilines is 2. The maximum atomic E-state index is 14.6. The molecule has 188 valence electrons. The van der Waals surface area contributed by atoms with Gasteiger partial charge in [0.25, 0.3) is 5.91 Å². The zero-order valence-electron chi connectivity index (χ0n) is 19.9. The highest BCUT2D eigenvalue weighted by Gasteiger charge is 2.60. The molecule has 2 amide bonds. The molecule has 2 saturated heterocycles. The van der Waals surface area contributed by atoms with Gasteiger partial charge in [-0.2, -0.15) is 0 Å². The number of carbonyl (C=O) groups excluding carboxylic acids is 3. The smallest absolute Gasteiger partial charge is 0.343 e. The van der Waals surface area contributed by atoms with Crippen molar-refractivity contribution in [1.29, 1.82) is 0 Å². The van der Waals surface area contributed by atoms with Crippen LogP contribution < -0.4 is 14.7 Å². The summed E-state index contributed by atoms with van der Waals surface area (Å²) >= 11 is 0. The molecule has 2 aliphatic heterocycles. The zero-order valence-corrected chi connectivity index (χ0v) is 19.9. The van der Waals surface area contributed by atoms with Gasteiger partial charge < -0.3 is 4.74 Å². The average Bonchev–Trinajstić information content (AvgIpc) is 3.46. The second-order valence-electron chi connectivity index (χ2n) is 8.95. The van der Waals surface area contributed by atoms with Gasteiger partial charge in [0.05, 0.1) is 23.0 Å². The van der Waals surface area contributed by atoms with E-state index in [-0.39, 0.29) is 5.69 Å². The first-order chi connectivity index (χ1) is 18.5. The Bertz CT molecular complexity index is 1510. The Morgan fingerprint density at radius 3 is 2.08 bits per heavy atom. The largest absolute Gasteiger partial charge is 0.423 e. The molecule has 2 heterocycles. The summed E-state index contributed by atoms with van der Waals surface area (Å²) in [6.07, 6.45) is -1.12. The van der Waals surface area contributed by atoms with E-state index in [2.05, 4.69) is 0 Å². The van der Waals surface area contributed by atoms with Gasteiger partial charge in [0.15, 0.2) is 6.10 Å². The van der Waals surface area contributed by atoms with Crippen LogP contribution in [0.1, 0.15) is 22.0 Å². The van der Waals surface area contributed by atoms with Gasteiger partial charge in [-0.15, -0.1) is 0 Å². The Kier molecular flexibility index (Phi) is 5.94. The van der Waals surface area contributed by atoms with Crippen molar-refractivity contribution in [3.63, 3.8) is 0 Å². The highest BCUT2D eigenvalue weighted by Crippen LogP contribution is 2.48. The standard InChI is InChI=1S/C30H21FN2O5/c31-23-13-7-8-14-24(23)32-28(34)25-26(33(38-27(25)29(32)35)21-11-5-2-6-12-21)19-15-17-22(18-16-19)37-30(36)20-9-3-1-4-10-20/h1-18,25-27H/t25-,26+,27+/m0/s1. The molecule has 0 saturated carbocycles. The number of rotatable bonds is 5. The Hall–Kier alpha value is -4.82. The van der Waals surface area contributed by atoms with Gasteiger partial charge in [-0.1, -0.05) is 60.7 Å². The lowest BCUT2D eigenvalue weighted by Crippen LogP contribution is -2.37. The number of para-hydroxylation sites is 2. The third-order valence-corrected chi connectivity index (χ3v) is 6.66. The van der Waals surface area contributed by atoms with Crippen LogP contribution >= 0.6 is 0 Å². The number of fused-ring (bicyclic) bond motifs is 1. The fraction of sp³-hybridized carbons (Fsp3) is 0.100. The van der Waals surface area contributed by atoms with E-state index in [1.165, 1.54) is 18.2 Å². The van der Waals surface area contributed by atoms with Crippen molar-refractivity contribution in [3.05, 3.63) is 126 Å². The minimum absolute atomic E-state index is 0.103. The lowest BCUT2D eigenvalue weighted by molar-refractivity contribution is -0.126. The minimum Gasteiger partial charge on any atom is -0.423 e. The summed E-state index contributed by atoms with van der Waals surface area (Å²) in [6.45, 7) is 0. The summed E-state index contributed by atoms with van der Waals surface area (Å²) in [5, 5.41) is 1.55. The molecule has 6 rings (SSSR count). The number of nitrogens with zero attached hydrogens (tertiary/aromatic N) is 2. The van der Waals surface area contributed by atoms with Crippen molar-refractivity contribution in [2.75, 3.05) is 9.96 Å². The molecule has 38 heavy (non-hydrogen) atoms. The van der Waals surface area contributed by atoms with E-state index in [9.17, 15) is 18.8 Å². The minimum atomic E-state index is -1.12. The molecule has 4 aromatic rings. The second-order valence-corrected chi connectivity index (χ2v) is 8.95. The van der Waals surface area contributed by atoms with Crippen LogP contribution in [0.4, 0.5) is 15.8 Å². The first-order valence-electron chi connectivity index (χ1n) is 12.0. The van der Waals surface area contributed by atoms with E-state index < -0.39 is 41.7 Å². The monoisotopic (exact) mass is 508 g/mol. The number of esters is 1. The van der Waals surface area contributed by atoms with E-state index in [1.54, 1.807) is 59.7 Å². The molecule has 3 atom stereocenters. The van der Waals surface area contributed by atoms with E-state index >= 15 is 0 Å². The molecule has 7 nitrogen and oxygen atoms in total. The molecule has 8 heteroatoms. The molecule has 0 radical (unpaired) electrons. The summed E-state index contributed by atoms with van der Waals surface area (Å²) in [5.74, 6) is -2.93. The van der Waals surface area contributed by atoms with Crippen LogP contribution in [0.3, 0.4) is 0 Å². The number of imide groups is 1. The highest BCUT2D eigenvalue weighted by molar-refractivity contribution is 6.24. The maximum absolute atomic E-state index is 14.6. The van der Waals surface area contributed by atoms with Crippen LogP contribution in [0, 0.1) is 11.7 Å². The van der Waals surface area contributed by atoms with Gasteiger partial charge >= 0.3 is 5.97 Å². The number of hydrogen-bond donors (Lipinski definition) is 0. The van der Waals surface area contributed by atoms with Gasteiger partial charge in [0, 0.05) is 0 Å². The molecule has 2 fully saturated rings. The van der Waals surface area contributed by atoms with E-state index in [0.717, 1.165) is 4.90 Å². The number of hydroxylamine groups is 1. The van der Waals surface area contributed by atoms with Crippen LogP contribution in [0.15, 0.2) is 109 Å². The number of hydrogen-bond acceptors (Lipinski definition) is 6. The van der Waals surface area contributed by atoms with Crippen LogP contribution in [0.25, 0.3) is 0 Å². The van der Waals surface area contributed by atoms with Crippen molar-refractivity contribution in [1.82, 2.24) is 0 Å². The summed E-state index contributed by atoms with van der Waals surface area (Å²) < 4.78 is 20.0. The van der Waals surface area contributed by atoms with Gasteiger partial charge in [-0.3, -0.25) is 14.4 Å². The molecular formula is C30H21FN2O5. The first kappa shape index (κ1) is 23.6. The Labute approximate surface area is 217 Å². The molecule has 0 aromatic heterocycles. The Balaban J connectivity index is 1.34. The normalized spacial score (nSPS) is 20.5. The predicted molar refractivity (Wildman–Crippen MR) is 137 cm³/mol. The van der Waals surface area contributed by atoms with E-state index in [4.69, 9.17) is 9.57 Å². The first-order valence-corrected chi connectivity index (χ1v) is 12.0. The molecule has 0 aliphatic carbocycles. The van der Waals surface area contributed by atoms with Gasteiger partial charge in [0.1, 0.15) is 17.5 Å². The Morgan fingerprint density at radius 1 is 0.763 bits per heavy atom. The summed E-state index contributed by atoms with van der Waals surface area (Å²) in [6, 6.07) is 29.4. The maximum Gasteiger partial charge on any atom is 0.343 e. The van der Waals surface area contributed by atoms with Crippen molar-refractivity contribution in [3.8, 4) is 5.75 Å². The van der Waals surface area contributed by atoms with E-state index in [0.29, 0.717) is 22.6 Å². The molecule has 0 spiro atoms. The van der Waals surface area contributed by atoms with Crippen molar-refractivity contribution in [2.45, 2.75) is 12.1 Å². The molecular weight excluding hydrogens is 487 g/mol. The number of benzene rings is 4. The third kappa shape index (κ3) is 4.01. The molecule has 0 unspecified atom stereocenters. The number of carbonyl (C=O) groups is 3. The lowest BCUT2D eigenvalue weighted by atomic mass is 9.90. The zero-order chi connectivity index (χ0) is 26.2. The number of amides is 2. The summed E-state index contributed by atoms with van der Waals surface area (Å²) in [7, 11) is 0. The summed E-state index contributed by atoms with van der Waals surface area (Å²) in [4.78, 5) is 46.4. The van der Waals surface area contributed by atoms with Crippen molar-refractivity contribution < 1.29 is 28.3 Å². The van der Waals surface area contributed by atoms with Crippen molar-refractivity contribution in [2.24, 2.45) is 5.92 Å². The lowest BCUT2D eigenvalue weighted by Gasteiger charge is -2.28. The molecule has 0 bridgehead atoms. The Morgan fingerprint density at radius 2 is 1.39 bits per heavy atom. The van der Waals surface area contributed by atoms with Crippen molar-refractivity contribution >= 4 is 29.2 Å². The van der Waals surface area contributed by atoms with Gasteiger partial charge in [-0.05, 0) is 54.1 Å². The van der Waals surface area contributed by atoms with Crippen LogP contribution in [0.5, 0.6) is 5.75 Å². The third-order valence-electron chi connectivity index (χ3n) is 6.66. The fourth-order valence-electron chi connectivity index (χ4n) is 4.90. The quantitative estimate of drug-likeness (QED) is 0.212. The van der Waals surface area contributed by atoms with Gasteiger partial charge in [0.2, 0.25) is 5.91 Å². The fourth-order valence-corrected chi connectivity index (χ4v) is 4.90. The highest BCUT2D eigenvalue weighted by atomic mass is 19.1. The van der Waals surface area contributed by atoms with Gasteiger partial charge in [-0.25, -0.2) is 19.1 Å². The average molecular weight is 509 g/mol. The van der Waals surface area contributed by atoms with Crippen LogP contribution in [-0.4, -0.2) is 23.9 Å². The summed E-state index contributed by atoms with van der Waals surface area (Å²) in [5.41, 5.74) is 1.64. The topological polar surface area (TPSA) is 76.2 Å². The number of halogens is 1.